The van der Waals surface area contributed by atoms with E-state index in [4.69, 9.17) is 10.5 Å². The average molecular weight is 258 g/mol. The third-order valence-corrected chi connectivity index (χ3v) is 3.54. The van der Waals surface area contributed by atoms with E-state index in [2.05, 4.69) is 28.7 Å². The predicted octanol–water partition coefficient (Wildman–Crippen LogP) is 1.83. The van der Waals surface area contributed by atoms with E-state index in [1.165, 1.54) is 0 Å². The van der Waals surface area contributed by atoms with Gasteiger partial charge in [-0.3, -0.25) is 0 Å². The number of hydrogen-bond donors (Lipinski definition) is 1. The number of anilines is 2. The van der Waals surface area contributed by atoms with Crippen LogP contribution in [0, 0.1) is 0 Å². The maximum Gasteiger partial charge on any atom is 0.140 e. The number of hydrogen-bond acceptors (Lipinski definition) is 5. The van der Waals surface area contributed by atoms with Crippen LogP contribution >= 0.6 is 0 Å². The van der Waals surface area contributed by atoms with Gasteiger partial charge in [0.05, 0.1) is 24.3 Å². The molecule has 0 radical (unpaired) electrons. The normalized spacial score (nSPS) is 18.7. The lowest BCUT2D eigenvalue weighted by Crippen LogP contribution is -2.53. The van der Waals surface area contributed by atoms with Crippen LogP contribution in [-0.4, -0.2) is 35.3 Å². The standard InChI is InChI=1S/C14H18N4O/c1-14(2)8-19-6-5-18(14)13-11-4-3-10(15)7-12(11)16-9-17-13/h3-4,7,9H,5-6,8,15H2,1-2H3. The summed E-state index contributed by atoms with van der Waals surface area (Å²) < 4.78 is 5.56. The highest BCUT2D eigenvalue weighted by Gasteiger charge is 2.32. The molecule has 3 rings (SSSR count). The lowest BCUT2D eigenvalue weighted by atomic mass is 10.0. The summed E-state index contributed by atoms with van der Waals surface area (Å²) in [4.78, 5) is 11.1. The molecule has 1 aromatic heterocycles. The number of ether oxygens (including phenoxy) is 1. The van der Waals surface area contributed by atoms with E-state index in [0.29, 0.717) is 6.61 Å². The lowest BCUT2D eigenvalue weighted by molar-refractivity contribution is 0.0641. The molecule has 1 saturated heterocycles. The highest BCUT2D eigenvalue weighted by atomic mass is 16.5. The van der Waals surface area contributed by atoms with Crippen LogP contribution in [-0.2, 0) is 4.74 Å². The molecule has 5 nitrogen and oxygen atoms in total. The Kier molecular flexibility index (Phi) is 2.78. The summed E-state index contributed by atoms with van der Waals surface area (Å²) in [6.45, 7) is 6.59. The van der Waals surface area contributed by atoms with Gasteiger partial charge in [0, 0.05) is 17.6 Å². The van der Waals surface area contributed by atoms with Crippen LogP contribution in [0.3, 0.4) is 0 Å². The van der Waals surface area contributed by atoms with Gasteiger partial charge in [-0.05, 0) is 32.0 Å². The quantitative estimate of drug-likeness (QED) is 0.790. The smallest absolute Gasteiger partial charge is 0.140 e. The second kappa shape index (κ2) is 4.35. The van der Waals surface area contributed by atoms with Crippen LogP contribution in [0.1, 0.15) is 13.8 Å². The van der Waals surface area contributed by atoms with Gasteiger partial charge in [-0.2, -0.15) is 0 Å². The van der Waals surface area contributed by atoms with Crippen LogP contribution in [0.2, 0.25) is 0 Å². The van der Waals surface area contributed by atoms with Gasteiger partial charge in [0.1, 0.15) is 12.1 Å². The molecule has 1 aliphatic rings. The first kappa shape index (κ1) is 12.2. The van der Waals surface area contributed by atoms with Gasteiger partial charge < -0.3 is 15.4 Å². The first-order valence-electron chi connectivity index (χ1n) is 6.43. The summed E-state index contributed by atoms with van der Waals surface area (Å²) in [5, 5.41) is 1.03. The molecule has 2 aromatic rings. The van der Waals surface area contributed by atoms with Gasteiger partial charge in [0.15, 0.2) is 0 Å². The van der Waals surface area contributed by atoms with Crippen LogP contribution < -0.4 is 10.6 Å². The van der Waals surface area contributed by atoms with Crippen LogP contribution in [0.15, 0.2) is 24.5 Å². The van der Waals surface area contributed by atoms with Crippen molar-refractivity contribution in [3.8, 4) is 0 Å². The molecule has 0 atom stereocenters. The summed E-state index contributed by atoms with van der Waals surface area (Å²) in [5.41, 5.74) is 7.35. The van der Waals surface area contributed by atoms with E-state index in [1.807, 2.05) is 18.2 Å². The molecule has 5 heteroatoms. The van der Waals surface area contributed by atoms with E-state index in [1.54, 1.807) is 6.33 Å². The molecule has 1 aromatic carbocycles. The summed E-state index contributed by atoms with van der Waals surface area (Å²) in [5.74, 6) is 0.957. The van der Waals surface area contributed by atoms with Crippen molar-refractivity contribution in [2.24, 2.45) is 0 Å². The predicted molar refractivity (Wildman–Crippen MR) is 76.2 cm³/mol. The monoisotopic (exact) mass is 258 g/mol. The van der Waals surface area contributed by atoms with Crippen molar-refractivity contribution in [2.75, 3.05) is 30.4 Å². The Morgan fingerprint density at radius 2 is 2.16 bits per heavy atom. The van der Waals surface area contributed by atoms with E-state index in [-0.39, 0.29) is 5.54 Å². The Hall–Kier alpha value is -1.88. The summed E-state index contributed by atoms with van der Waals surface area (Å²) in [6.07, 6.45) is 1.60. The fourth-order valence-corrected chi connectivity index (χ4v) is 2.53. The van der Waals surface area contributed by atoms with E-state index >= 15 is 0 Å². The highest BCUT2D eigenvalue weighted by Crippen LogP contribution is 2.31. The molecule has 2 N–H and O–H groups in total. The molecule has 100 valence electrons. The minimum Gasteiger partial charge on any atom is -0.399 e. The molecule has 0 amide bonds. The molecular formula is C14H18N4O. The third-order valence-electron chi connectivity index (χ3n) is 3.54. The molecule has 0 saturated carbocycles. The molecular weight excluding hydrogens is 240 g/mol. The van der Waals surface area contributed by atoms with Crippen molar-refractivity contribution in [1.29, 1.82) is 0 Å². The van der Waals surface area contributed by atoms with Gasteiger partial charge in [-0.15, -0.1) is 0 Å². The molecule has 0 aliphatic carbocycles. The average Bonchev–Trinajstić information content (AvgIpc) is 2.37. The van der Waals surface area contributed by atoms with Crippen molar-refractivity contribution in [2.45, 2.75) is 19.4 Å². The summed E-state index contributed by atoms with van der Waals surface area (Å²) >= 11 is 0. The second-order valence-corrected chi connectivity index (χ2v) is 5.49. The second-order valence-electron chi connectivity index (χ2n) is 5.49. The largest absolute Gasteiger partial charge is 0.399 e. The Morgan fingerprint density at radius 1 is 1.32 bits per heavy atom. The maximum absolute atomic E-state index is 5.81. The topological polar surface area (TPSA) is 64.3 Å². The molecule has 0 unspecified atom stereocenters. The molecule has 2 heterocycles. The van der Waals surface area contributed by atoms with E-state index in [0.717, 1.165) is 35.6 Å². The number of nitrogens with two attached hydrogens (primary N) is 1. The third kappa shape index (κ3) is 2.10. The number of fused-ring (bicyclic) bond motifs is 1. The minimum absolute atomic E-state index is 0.0685. The van der Waals surface area contributed by atoms with Crippen molar-refractivity contribution in [3.05, 3.63) is 24.5 Å². The van der Waals surface area contributed by atoms with Crippen molar-refractivity contribution >= 4 is 22.4 Å². The zero-order valence-corrected chi connectivity index (χ0v) is 11.3. The molecule has 0 bridgehead atoms. The van der Waals surface area contributed by atoms with Crippen LogP contribution in [0.4, 0.5) is 11.5 Å². The number of benzene rings is 1. The first-order chi connectivity index (χ1) is 9.08. The minimum atomic E-state index is -0.0685. The lowest BCUT2D eigenvalue weighted by Gasteiger charge is -2.43. The Balaban J connectivity index is 2.14. The first-order valence-corrected chi connectivity index (χ1v) is 6.43. The molecule has 1 aliphatic heterocycles. The fraction of sp³-hybridized carbons (Fsp3) is 0.429. The Labute approximate surface area is 112 Å². The molecule has 1 fully saturated rings. The zero-order chi connectivity index (χ0) is 13.5. The van der Waals surface area contributed by atoms with Crippen molar-refractivity contribution in [1.82, 2.24) is 9.97 Å². The van der Waals surface area contributed by atoms with Gasteiger partial charge in [0.2, 0.25) is 0 Å². The maximum atomic E-state index is 5.81. The number of nitrogens with zero attached hydrogens (tertiary/aromatic N) is 3. The van der Waals surface area contributed by atoms with Crippen molar-refractivity contribution < 1.29 is 4.74 Å². The summed E-state index contributed by atoms with van der Waals surface area (Å²) in [7, 11) is 0. The van der Waals surface area contributed by atoms with Crippen molar-refractivity contribution in [3.63, 3.8) is 0 Å². The van der Waals surface area contributed by atoms with E-state index in [9.17, 15) is 0 Å². The van der Waals surface area contributed by atoms with Gasteiger partial charge in [-0.25, -0.2) is 9.97 Å². The fourth-order valence-electron chi connectivity index (χ4n) is 2.53. The van der Waals surface area contributed by atoms with Gasteiger partial charge in [-0.1, -0.05) is 0 Å². The molecule has 0 spiro atoms. The SMILES string of the molecule is CC1(C)COCCN1c1ncnc2cc(N)ccc12. The van der Waals surface area contributed by atoms with Crippen LogP contribution in [0.25, 0.3) is 10.9 Å². The number of nitrogen functional groups attached to an aromatic ring is 1. The Bertz CT molecular complexity index is 611. The van der Waals surface area contributed by atoms with Crippen LogP contribution in [0.5, 0.6) is 0 Å². The number of aromatic nitrogens is 2. The highest BCUT2D eigenvalue weighted by molar-refractivity contribution is 5.91. The Morgan fingerprint density at radius 3 is 2.95 bits per heavy atom. The molecule has 19 heavy (non-hydrogen) atoms. The van der Waals surface area contributed by atoms with Gasteiger partial charge >= 0.3 is 0 Å². The van der Waals surface area contributed by atoms with E-state index < -0.39 is 0 Å². The zero-order valence-electron chi connectivity index (χ0n) is 11.3. The number of rotatable bonds is 1. The summed E-state index contributed by atoms with van der Waals surface area (Å²) in [6, 6.07) is 5.77. The number of morpholine rings is 1. The van der Waals surface area contributed by atoms with Gasteiger partial charge in [0.25, 0.3) is 0 Å².